The molecule has 0 atom stereocenters. The third-order valence-corrected chi connectivity index (χ3v) is 10.5. The Morgan fingerprint density at radius 2 is 0.804 bits per heavy atom. The van der Waals surface area contributed by atoms with E-state index in [1.807, 2.05) is 123 Å². The Labute approximate surface area is 319 Å². The van der Waals surface area contributed by atoms with Gasteiger partial charge in [0.1, 0.15) is 0 Å². The number of carbonyl (C=O) groups excluding carboxylic acids is 4. The Morgan fingerprint density at radius 1 is 0.446 bits per heavy atom. The number of hydrogen-bond donors (Lipinski definition) is 2. The van der Waals surface area contributed by atoms with Gasteiger partial charge in [0.25, 0.3) is 0 Å². The second kappa shape index (κ2) is 13.1. The molecule has 0 fully saturated rings. The van der Waals surface area contributed by atoms with Crippen LogP contribution in [-0.2, 0) is 28.2 Å². The van der Waals surface area contributed by atoms with Crippen molar-refractivity contribution < 1.29 is 19.2 Å². The fraction of sp³-hybridized carbons (Fsp3) is 0.0909. The molecule has 274 valence electrons. The molecule has 56 heavy (non-hydrogen) atoms. The number of aryl methyl sites for hydroxylation is 4. The van der Waals surface area contributed by atoms with Crippen molar-refractivity contribution >= 4 is 71.5 Å². The summed E-state index contributed by atoms with van der Waals surface area (Å²) in [6.07, 6.45) is 18.5. The Balaban J connectivity index is 1.49. The van der Waals surface area contributed by atoms with Gasteiger partial charge in [-0.25, -0.2) is 9.97 Å². The Morgan fingerprint density at radius 3 is 1.12 bits per heavy atom. The molecule has 0 unspecified atom stereocenters. The van der Waals surface area contributed by atoms with Crippen molar-refractivity contribution in [2.24, 2.45) is 28.2 Å². The SMILES string of the molecule is Cn1cc(-c2c3nc(c(-c4cc(C=O)cn4C)c4ccc([nH]4)c(-c4cc(C=O)n(C)c4)c4nc(c(-c5cc(C=O)cn5C)c5ccc2[nH]5)C=C4)C=C3)cc1C=O. The molecule has 7 aromatic heterocycles. The summed E-state index contributed by atoms with van der Waals surface area (Å²) in [6.45, 7) is 0. The van der Waals surface area contributed by atoms with Gasteiger partial charge in [-0.3, -0.25) is 19.2 Å². The highest BCUT2D eigenvalue weighted by atomic mass is 16.1. The van der Waals surface area contributed by atoms with Crippen molar-refractivity contribution in [1.82, 2.24) is 38.2 Å². The van der Waals surface area contributed by atoms with E-state index in [4.69, 9.17) is 9.97 Å². The molecule has 0 saturated heterocycles. The first kappa shape index (κ1) is 34.2. The molecule has 0 aliphatic carbocycles. The molecule has 2 aliphatic rings. The van der Waals surface area contributed by atoms with Crippen molar-refractivity contribution in [3.63, 3.8) is 0 Å². The van der Waals surface area contributed by atoms with Crippen LogP contribution in [0.2, 0.25) is 0 Å². The number of fused-ring (bicyclic) bond motifs is 8. The number of rotatable bonds is 8. The third-order valence-electron chi connectivity index (χ3n) is 10.5. The van der Waals surface area contributed by atoms with Crippen molar-refractivity contribution in [3.8, 4) is 44.8 Å². The van der Waals surface area contributed by atoms with E-state index in [0.29, 0.717) is 45.3 Å². The lowest BCUT2D eigenvalue weighted by atomic mass is 10.1. The van der Waals surface area contributed by atoms with Gasteiger partial charge in [-0.2, -0.15) is 0 Å². The minimum Gasteiger partial charge on any atom is -0.354 e. The Bertz CT molecular complexity index is 2850. The normalized spacial score (nSPS) is 12.1. The minimum absolute atomic E-state index is 0.506. The van der Waals surface area contributed by atoms with E-state index in [9.17, 15) is 19.2 Å². The minimum atomic E-state index is 0.506. The van der Waals surface area contributed by atoms with Crippen LogP contribution in [0, 0.1) is 0 Å². The molecule has 12 heteroatoms. The van der Waals surface area contributed by atoms with Crippen molar-refractivity contribution in [2.45, 2.75) is 0 Å². The van der Waals surface area contributed by atoms with Crippen LogP contribution in [0.1, 0.15) is 64.5 Å². The van der Waals surface area contributed by atoms with Gasteiger partial charge in [-0.15, -0.1) is 0 Å². The first-order valence-electron chi connectivity index (χ1n) is 17.8. The molecule has 12 nitrogen and oxygen atoms in total. The molecule has 0 spiro atoms. The molecule has 0 radical (unpaired) electrons. The molecule has 0 amide bonds. The average molecular weight is 739 g/mol. The number of aldehydes is 4. The summed E-state index contributed by atoms with van der Waals surface area (Å²) >= 11 is 0. The summed E-state index contributed by atoms with van der Waals surface area (Å²) in [5, 5.41) is 0. The topological polar surface area (TPSA) is 145 Å². The molecule has 9 heterocycles. The average Bonchev–Trinajstić information content (AvgIpc) is 4.04. The largest absolute Gasteiger partial charge is 0.354 e. The van der Waals surface area contributed by atoms with Crippen molar-refractivity contribution in [1.29, 1.82) is 0 Å². The van der Waals surface area contributed by atoms with E-state index >= 15 is 0 Å². The molecular weight excluding hydrogens is 705 g/mol. The van der Waals surface area contributed by atoms with Crippen LogP contribution in [0.15, 0.2) is 73.3 Å². The first-order valence-corrected chi connectivity index (χ1v) is 17.8. The van der Waals surface area contributed by atoms with Gasteiger partial charge in [0.15, 0.2) is 25.1 Å². The fourth-order valence-electron chi connectivity index (χ4n) is 7.83. The van der Waals surface area contributed by atoms with Gasteiger partial charge in [0.05, 0.1) is 56.6 Å². The van der Waals surface area contributed by atoms with Crippen LogP contribution in [-0.4, -0.2) is 63.3 Å². The third kappa shape index (κ3) is 5.46. The predicted octanol–water partition coefficient (Wildman–Crippen LogP) is 7.93. The van der Waals surface area contributed by atoms with Gasteiger partial charge in [0, 0.05) is 109 Å². The number of hydrogen-bond acceptors (Lipinski definition) is 6. The van der Waals surface area contributed by atoms with Crippen LogP contribution in [0.25, 0.3) is 91.1 Å². The van der Waals surface area contributed by atoms with Crippen LogP contribution >= 0.6 is 0 Å². The molecule has 7 aromatic rings. The number of carbonyl (C=O) groups is 4. The van der Waals surface area contributed by atoms with Gasteiger partial charge in [0.2, 0.25) is 0 Å². The van der Waals surface area contributed by atoms with Gasteiger partial charge in [-0.05, 0) is 72.8 Å². The first-order chi connectivity index (χ1) is 27.2. The standard InChI is InChI=1S/C44H34N8O4/c1-49-19-27(15-29(49)23-55)41-31-5-9-35(45-31)43(39-13-25(21-53)17-51(39)3)37-11-7-33(47-37)42(28-16-30(24-56)50(2)20-28)34-8-12-38(48-34)44(36-10-6-32(41)46-36)40-14-26(22-54)18-52(40)4/h5-24,45,48H,1-4H3. The summed E-state index contributed by atoms with van der Waals surface area (Å²) in [4.78, 5) is 65.9. The van der Waals surface area contributed by atoms with E-state index in [0.717, 1.165) is 92.0 Å². The summed E-state index contributed by atoms with van der Waals surface area (Å²) in [5.41, 5.74) is 13.9. The maximum Gasteiger partial charge on any atom is 0.166 e. The fourth-order valence-corrected chi connectivity index (χ4v) is 7.83. The lowest BCUT2D eigenvalue weighted by Gasteiger charge is -2.07. The van der Waals surface area contributed by atoms with E-state index in [1.165, 1.54) is 0 Å². The number of H-pyrrole nitrogens is 2. The van der Waals surface area contributed by atoms with Crippen molar-refractivity contribution in [3.05, 3.63) is 119 Å². The molecular formula is C44H34N8O4. The Hall–Kier alpha value is -7.60. The monoisotopic (exact) mass is 738 g/mol. The summed E-state index contributed by atoms with van der Waals surface area (Å²) in [5.74, 6) is 0. The number of aromatic amines is 2. The molecule has 0 aromatic carbocycles. The maximum atomic E-state index is 12.1. The summed E-state index contributed by atoms with van der Waals surface area (Å²) < 4.78 is 7.37. The van der Waals surface area contributed by atoms with E-state index in [-0.39, 0.29) is 0 Å². The highest BCUT2D eigenvalue weighted by molar-refractivity contribution is 6.00. The molecule has 2 N–H and O–H groups in total. The maximum absolute atomic E-state index is 12.1. The highest BCUT2D eigenvalue weighted by Crippen LogP contribution is 2.39. The van der Waals surface area contributed by atoms with Crippen LogP contribution in [0.5, 0.6) is 0 Å². The van der Waals surface area contributed by atoms with Crippen LogP contribution in [0.3, 0.4) is 0 Å². The molecule has 0 saturated carbocycles. The van der Waals surface area contributed by atoms with E-state index < -0.39 is 0 Å². The lowest BCUT2D eigenvalue weighted by Crippen LogP contribution is -1.94. The van der Waals surface area contributed by atoms with E-state index in [1.54, 1.807) is 21.5 Å². The van der Waals surface area contributed by atoms with Gasteiger partial charge in [-0.1, -0.05) is 0 Å². The molecule has 2 aliphatic heterocycles. The zero-order valence-electron chi connectivity index (χ0n) is 30.9. The number of nitrogens with one attached hydrogen (secondary N) is 2. The zero-order chi connectivity index (χ0) is 38.8. The quantitative estimate of drug-likeness (QED) is 0.152. The summed E-state index contributed by atoms with van der Waals surface area (Å²) in [7, 11) is 7.43. The van der Waals surface area contributed by atoms with Crippen molar-refractivity contribution in [2.75, 3.05) is 0 Å². The van der Waals surface area contributed by atoms with Gasteiger partial charge < -0.3 is 28.2 Å². The second-order valence-electron chi connectivity index (χ2n) is 14.0. The zero-order valence-corrected chi connectivity index (χ0v) is 30.9. The van der Waals surface area contributed by atoms with Crippen LogP contribution in [0.4, 0.5) is 0 Å². The lowest BCUT2D eigenvalue weighted by molar-refractivity contribution is 0.110. The second-order valence-corrected chi connectivity index (χ2v) is 14.0. The molecule has 9 rings (SSSR count). The Kier molecular flexibility index (Phi) is 7.97. The highest BCUT2D eigenvalue weighted by Gasteiger charge is 2.22. The molecule has 8 bridgehead atoms. The number of aromatic nitrogens is 8. The number of nitrogens with zero attached hydrogens (tertiary/aromatic N) is 6. The predicted molar refractivity (Wildman–Crippen MR) is 218 cm³/mol. The van der Waals surface area contributed by atoms with E-state index in [2.05, 4.69) is 9.97 Å². The van der Waals surface area contributed by atoms with Gasteiger partial charge >= 0.3 is 0 Å². The van der Waals surface area contributed by atoms with Crippen LogP contribution < -0.4 is 0 Å². The summed E-state index contributed by atoms with van der Waals surface area (Å²) in [6, 6.07) is 15.3. The smallest absolute Gasteiger partial charge is 0.166 e.